The third-order valence-corrected chi connectivity index (χ3v) is 5.98. The third kappa shape index (κ3) is 5.73. The lowest BCUT2D eigenvalue weighted by Crippen LogP contribution is -2.53. The first-order valence-corrected chi connectivity index (χ1v) is 10.0. The Labute approximate surface area is 182 Å². The molecule has 1 atom stereocenters. The number of guanidine groups is 1. The Bertz CT molecular complexity index is 625. The van der Waals surface area contributed by atoms with Crippen molar-refractivity contribution in [3.05, 3.63) is 29.3 Å². The van der Waals surface area contributed by atoms with Crippen molar-refractivity contribution in [3.63, 3.8) is 0 Å². The maximum atomic E-state index is 4.54. The highest BCUT2D eigenvalue weighted by atomic mass is 127. The molecule has 0 spiro atoms. The number of halogens is 1. The van der Waals surface area contributed by atoms with E-state index >= 15 is 0 Å². The molecule has 0 aromatic heterocycles. The van der Waals surface area contributed by atoms with Crippen molar-refractivity contribution in [1.82, 2.24) is 15.1 Å². The van der Waals surface area contributed by atoms with Crippen LogP contribution in [0.1, 0.15) is 24.0 Å². The maximum Gasteiger partial charge on any atom is 0.193 e. The predicted molar refractivity (Wildman–Crippen MR) is 127 cm³/mol. The minimum absolute atomic E-state index is 0. The number of hydrogen-bond acceptors (Lipinski definition) is 3. The second-order valence-corrected chi connectivity index (χ2v) is 7.89. The van der Waals surface area contributed by atoms with E-state index in [-0.39, 0.29) is 24.0 Å². The molecule has 1 N–H and O–H groups in total. The van der Waals surface area contributed by atoms with Crippen molar-refractivity contribution in [1.29, 1.82) is 0 Å². The van der Waals surface area contributed by atoms with Crippen LogP contribution in [-0.4, -0.2) is 75.7 Å². The van der Waals surface area contributed by atoms with Crippen LogP contribution in [0.3, 0.4) is 0 Å². The Kier molecular flexibility index (Phi) is 8.66. The standard InChI is InChI=1S/C21H35N5.HI/c1-17-7-5-9-20(18(17)2)25-11-13-26(14-12-25)21(22-3)23-15-19-8-6-10-24(4)16-19;/h5,7,9,19H,6,8,10-16H2,1-4H3,(H,22,23);1H. The number of hydrogen-bond donors (Lipinski definition) is 1. The summed E-state index contributed by atoms with van der Waals surface area (Å²) in [4.78, 5) is 11.9. The Morgan fingerprint density at radius 3 is 2.56 bits per heavy atom. The predicted octanol–water partition coefficient (Wildman–Crippen LogP) is 2.96. The molecule has 0 amide bonds. The topological polar surface area (TPSA) is 34.1 Å². The molecule has 27 heavy (non-hydrogen) atoms. The zero-order valence-corrected chi connectivity index (χ0v) is 19.7. The van der Waals surface area contributed by atoms with E-state index in [4.69, 9.17) is 0 Å². The lowest BCUT2D eigenvalue weighted by molar-refractivity contribution is 0.209. The van der Waals surface area contributed by atoms with E-state index in [2.05, 4.69) is 64.1 Å². The van der Waals surface area contributed by atoms with Gasteiger partial charge in [-0.05, 0) is 63.4 Å². The second kappa shape index (κ2) is 10.5. The summed E-state index contributed by atoms with van der Waals surface area (Å²) in [5.41, 5.74) is 4.17. The molecule has 3 rings (SSSR count). The summed E-state index contributed by atoms with van der Waals surface area (Å²) < 4.78 is 0. The van der Waals surface area contributed by atoms with Crippen LogP contribution in [0, 0.1) is 19.8 Å². The summed E-state index contributed by atoms with van der Waals surface area (Å²) in [6.07, 6.45) is 2.64. The van der Waals surface area contributed by atoms with Crippen molar-refractivity contribution < 1.29 is 0 Å². The van der Waals surface area contributed by atoms with Gasteiger partial charge in [-0.2, -0.15) is 0 Å². The molecule has 2 heterocycles. The first-order valence-electron chi connectivity index (χ1n) is 10.0. The Morgan fingerprint density at radius 1 is 1.15 bits per heavy atom. The van der Waals surface area contributed by atoms with E-state index in [0.29, 0.717) is 0 Å². The van der Waals surface area contributed by atoms with Crippen LogP contribution in [0.4, 0.5) is 5.69 Å². The summed E-state index contributed by atoms with van der Waals surface area (Å²) in [7, 11) is 4.14. The highest BCUT2D eigenvalue weighted by Crippen LogP contribution is 2.24. The summed E-state index contributed by atoms with van der Waals surface area (Å²) in [5, 5.41) is 3.64. The largest absolute Gasteiger partial charge is 0.368 e. The van der Waals surface area contributed by atoms with Crippen LogP contribution in [0.15, 0.2) is 23.2 Å². The number of aliphatic imine (C=N–C) groups is 1. The fourth-order valence-corrected chi connectivity index (χ4v) is 4.25. The molecule has 1 aromatic carbocycles. The van der Waals surface area contributed by atoms with Crippen molar-refractivity contribution in [3.8, 4) is 0 Å². The van der Waals surface area contributed by atoms with Crippen LogP contribution < -0.4 is 10.2 Å². The molecule has 2 saturated heterocycles. The minimum atomic E-state index is 0. The molecule has 2 aliphatic rings. The molecule has 0 aliphatic carbocycles. The zero-order chi connectivity index (χ0) is 18.5. The lowest BCUT2D eigenvalue weighted by atomic mass is 9.98. The summed E-state index contributed by atoms with van der Waals surface area (Å²) in [5.74, 6) is 1.81. The summed E-state index contributed by atoms with van der Waals surface area (Å²) >= 11 is 0. The van der Waals surface area contributed by atoms with Gasteiger partial charge >= 0.3 is 0 Å². The van der Waals surface area contributed by atoms with Gasteiger partial charge in [-0.25, -0.2) is 0 Å². The zero-order valence-electron chi connectivity index (χ0n) is 17.4. The number of benzene rings is 1. The van der Waals surface area contributed by atoms with Gasteiger partial charge < -0.3 is 20.0 Å². The van der Waals surface area contributed by atoms with Crippen LogP contribution in [0.2, 0.25) is 0 Å². The minimum Gasteiger partial charge on any atom is -0.368 e. The van der Waals surface area contributed by atoms with Gasteiger partial charge in [-0.15, -0.1) is 24.0 Å². The van der Waals surface area contributed by atoms with E-state index < -0.39 is 0 Å². The molecule has 1 aromatic rings. The highest BCUT2D eigenvalue weighted by Gasteiger charge is 2.22. The maximum absolute atomic E-state index is 4.54. The van der Waals surface area contributed by atoms with E-state index in [1.54, 1.807) is 0 Å². The number of anilines is 1. The fraction of sp³-hybridized carbons (Fsp3) is 0.667. The highest BCUT2D eigenvalue weighted by molar-refractivity contribution is 14.0. The van der Waals surface area contributed by atoms with Crippen molar-refractivity contribution in [2.75, 3.05) is 64.8 Å². The number of likely N-dealkylation sites (tertiary alicyclic amines) is 1. The summed E-state index contributed by atoms with van der Waals surface area (Å²) in [6, 6.07) is 6.62. The van der Waals surface area contributed by atoms with Gasteiger partial charge in [0.05, 0.1) is 0 Å². The molecule has 2 fully saturated rings. The normalized spacial score (nSPS) is 21.8. The molecule has 1 unspecified atom stereocenters. The van der Waals surface area contributed by atoms with Gasteiger partial charge in [0, 0.05) is 52.0 Å². The number of piperazine rings is 1. The Balaban J connectivity index is 0.00000261. The van der Waals surface area contributed by atoms with Gasteiger partial charge in [0.2, 0.25) is 0 Å². The smallest absolute Gasteiger partial charge is 0.193 e. The van der Waals surface area contributed by atoms with E-state index in [1.807, 2.05) is 7.05 Å². The van der Waals surface area contributed by atoms with E-state index in [9.17, 15) is 0 Å². The molecule has 6 heteroatoms. The van der Waals surface area contributed by atoms with Gasteiger partial charge in [0.1, 0.15) is 0 Å². The number of nitrogens with zero attached hydrogens (tertiary/aromatic N) is 4. The first kappa shape index (κ1) is 22.3. The molecule has 2 aliphatic heterocycles. The van der Waals surface area contributed by atoms with Crippen LogP contribution in [0.25, 0.3) is 0 Å². The number of rotatable bonds is 3. The third-order valence-electron chi connectivity index (χ3n) is 5.98. The Morgan fingerprint density at radius 2 is 1.89 bits per heavy atom. The molecule has 152 valence electrons. The van der Waals surface area contributed by atoms with Gasteiger partial charge in [0.15, 0.2) is 5.96 Å². The van der Waals surface area contributed by atoms with Crippen LogP contribution >= 0.6 is 24.0 Å². The average Bonchev–Trinajstić information content (AvgIpc) is 2.65. The number of nitrogens with one attached hydrogen (secondary N) is 1. The molecule has 5 nitrogen and oxygen atoms in total. The van der Waals surface area contributed by atoms with Gasteiger partial charge in [-0.1, -0.05) is 12.1 Å². The van der Waals surface area contributed by atoms with Crippen LogP contribution in [0.5, 0.6) is 0 Å². The Hall–Kier alpha value is -1.02. The van der Waals surface area contributed by atoms with E-state index in [0.717, 1.165) is 44.6 Å². The lowest BCUT2D eigenvalue weighted by Gasteiger charge is -2.39. The quantitative estimate of drug-likeness (QED) is 0.406. The van der Waals surface area contributed by atoms with Gasteiger partial charge in [0.25, 0.3) is 0 Å². The second-order valence-electron chi connectivity index (χ2n) is 7.89. The number of piperidine rings is 1. The molecule has 0 saturated carbocycles. The SMILES string of the molecule is CN=C(NCC1CCCN(C)C1)N1CCN(c2cccc(C)c2C)CC1.I. The van der Waals surface area contributed by atoms with E-state index in [1.165, 1.54) is 42.7 Å². The first-order chi connectivity index (χ1) is 12.6. The molecular formula is C21H36IN5. The average molecular weight is 485 g/mol. The van der Waals surface area contributed by atoms with Gasteiger partial charge in [-0.3, -0.25) is 4.99 Å². The molecule has 0 radical (unpaired) electrons. The summed E-state index contributed by atoms with van der Waals surface area (Å²) in [6.45, 7) is 12.1. The van der Waals surface area contributed by atoms with Crippen molar-refractivity contribution in [2.45, 2.75) is 26.7 Å². The van der Waals surface area contributed by atoms with Crippen molar-refractivity contribution in [2.24, 2.45) is 10.9 Å². The molecular weight excluding hydrogens is 449 g/mol. The van der Waals surface area contributed by atoms with Crippen molar-refractivity contribution >= 4 is 35.6 Å². The monoisotopic (exact) mass is 485 g/mol. The number of aryl methyl sites for hydroxylation is 1. The fourth-order valence-electron chi connectivity index (χ4n) is 4.25. The van der Waals surface area contributed by atoms with Crippen LogP contribution in [-0.2, 0) is 0 Å². The molecule has 0 bridgehead atoms.